The predicted molar refractivity (Wildman–Crippen MR) is 84.1 cm³/mol. The Hall–Kier alpha value is -1.56. The summed E-state index contributed by atoms with van der Waals surface area (Å²) >= 11 is 6.03. The van der Waals surface area contributed by atoms with Crippen LogP contribution < -0.4 is 4.72 Å². The summed E-state index contributed by atoms with van der Waals surface area (Å²) in [6, 6.07) is 11.2. The van der Waals surface area contributed by atoms with E-state index in [9.17, 15) is 13.5 Å². The number of benzene rings is 2. The number of aliphatic hydroxyl groups is 1. The van der Waals surface area contributed by atoms with Crippen molar-refractivity contribution in [2.24, 2.45) is 0 Å². The summed E-state index contributed by atoms with van der Waals surface area (Å²) in [7, 11) is -3.72. The first-order chi connectivity index (χ1) is 9.81. The van der Waals surface area contributed by atoms with Gasteiger partial charge in [0, 0.05) is 0 Å². The van der Waals surface area contributed by atoms with Crippen LogP contribution in [0, 0.1) is 6.92 Å². The van der Waals surface area contributed by atoms with Crippen molar-refractivity contribution < 1.29 is 13.5 Å². The van der Waals surface area contributed by atoms with E-state index in [1.165, 1.54) is 12.1 Å². The molecule has 0 aliphatic rings. The van der Waals surface area contributed by atoms with Gasteiger partial charge in [-0.3, -0.25) is 4.72 Å². The summed E-state index contributed by atoms with van der Waals surface area (Å²) in [4.78, 5) is 0.117. The van der Waals surface area contributed by atoms with Crippen molar-refractivity contribution in [2.75, 3.05) is 4.72 Å². The van der Waals surface area contributed by atoms with E-state index in [-0.39, 0.29) is 4.90 Å². The average molecular weight is 326 g/mol. The van der Waals surface area contributed by atoms with E-state index in [2.05, 4.69) is 4.72 Å². The maximum atomic E-state index is 12.4. The number of sulfonamides is 1. The number of hydrogen-bond donors (Lipinski definition) is 2. The third kappa shape index (κ3) is 3.56. The standard InChI is InChI=1S/C15H16ClNO3S/c1-10-4-3-5-14(16)15(10)17-21(19,20)13-8-6-12(7-9-13)11(2)18/h3-9,11,17-18H,1-2H3. The van der Waals surface area contributed by atoms with Gasteiger partial charge in [-0.15, -0.1) is 0 Å². The number of aliphatic hydroxyl groups excluding tert-OH is 1. The van der Waals surface area contributed by atoms with Gasteiger partial charge in [0.1, 0.15) is 0 Å². The summed E-state index contributed by atoms with van der Waals surface area (Å²) in [5.74, 6) is 0. The van der Waals surface area contributed by atoms with Gasteiger partial charge in [0.05, 0.1) is 21.7 Å². The molecule has 0 aliphatic carbocycles. The number of rotatable bonds is 4. The molecular weight excluding hydrogens is 310 g/mol. The minimum atomic E-state index is -3.72. The van der Waals surface area contributed by atoms with E-state index in [4.69, 9.17) is 11.6 Å². The summed E-state index contributed by atoms with van der Waals surface area (Å²) in [5.41, 5.74) is 1.77. The monoisotopic (exact) mass is 325 g/mol. The van der Waals surface area contributed by atoms with Crippen molar-refractivity contribution in [3.8, 4) is 0 Å². The molecule has 1 unspecified atom stereocenters. The molecule has 0 saturated carbocycles. The van der Waals surface area contributed by atoms with Gasteiger partial charge in [-0.1, -0.05) is 35.9 Å². The molecule has 6 heteroatoms. The lowest BCUT2D eigenvalue weighted by Crippen LogP contribution is -2.14. The minimum Gasteiger partial charge on any atom is -0.389 e. The quantitative estimate of drug-likeness (QED) is 0.904. The van der Waals surface area contributed by atoms with Crippen molar-refractivity contribution in [2.45, 2.75) is 24.8 Å². The topological polar surface area (TPSA) is 66.4 Å². The van der Waals surface area contributed by atoms with Gasteiger partial charge in [0.25, 0.3) is 10.0 Å². The highest BCUT2D eigenvalue weighted by molar-refractivity contribution is 7.92. The van der Waals surface area contributed by atoms with Gasteiger partial charge in [-0.25, -0.2) is 8.42 Å². The lowest BCUT2D eigenvalue weighted by molar-refractivity contribution is 0.199. The lowest BCUT2D eigenvalue weighted by Gasteiger charge is -2.13. The third-order valence-electron chi connectivity index (χ3n) is 3.13. The second-order valence-electron chi connectivity index (χ2n) is 4.78. The van der Waals surface area contributed by atoms with Crippen molar-refractivity contribution in [3.05, 3.63) is 58.6 Å². The predicted octanol–water partition coefficient (Wildman–Crippen LogP) is 3.50. The Bertz CT molecular complexity index is 720. The van der Waals surface area contributed by atoms with E-state index >= 15 is 0 Å². The molecule has 0 radical (unpaired) electrons. The molecule has 2 N–H and O–H groups in total. The lowest BCUT2D eigenvalue weighted by atomic mass is 10.1. The second-order valence-corrected chi connectivity index (χ2v) is 6.87. The molecule has 21 heavy (non-hydrogen) atoms. The van der Waals surface area contributed by atoms with Crippen LogP contribution in [0.1, 0.15) is 24.2 Å². The number of aryl methyl sites for hydroxylation is 1. The van der Waals surface area contributed by atoms with Crippen molar-refractivity contribution >= 4 is 27.3 Å². The zero-order valence-corrected chi connectivity index (χ0v) is 13.2. The number of anilines is 1. The molecular formula is C15H16ClNO3S. The fourth-order valence-corrected chi connectivity index (χ4v) is 3.36. The molecule has 4 nitrogen and oxygen atoms in total. The van der Waals surface area contributed by atoms with Crippen LogP contribution in [0.25, 0.3) is 0 Å². The van der Waals surface area contributed by atoms with Crippen LogP contribution in [-0.4, -0.2) is 13.5 Å². The van der Waals surface area contributed by atoms with E-state index in [0.29, 0.717) is 16.3 Å². The van der Waals surface area contributed by atoms with Crippen molar-refractivity contribution in [1.29, 1.82) is 0 Å². The second kappa shape index (κ2) is 6.05. The zero-order valence-electron chi connectivity index (χ0n) is 11.7. The molecule has 0 aromatic heterocycles. The number of halogens is 1. The fourth-order valence-electron chi connectivity index (χ4n) is 1.88. The van der Waals surface area contributed by atoms with Gasteiger partial charge in [-0.05, 0) is 43.2 Å². The molecule has 0 saturated heterocycles. The zero-order chi connectivity index (χ0) is 15.6. The Morgan fingerprint density at radius 2 is 1.76 bits per heavy atom. The van der Waals surface area contributed by atoms with Gasteiger partial charge in [0.2, 0.25) is 0 Å². The molecule has 0 fully saturated rings. The first-order valence-corrected chi connectivity index (χ1v) is 8.23. The van der Waals surface area contributed by atoms with Crippen LogP contribution in [0.15, 0.2) is 47.4 Å². The summed E-state index contributed by atoms with van der Waals surface area (Å²) in [5, 5.41) is 9.79. The SMILES string of the molecule is Cc1cccc(Cl)c1NS(=O)(=O)c1ccc(C(C)O)cc1. The molecule has 0 spiro atoms. The molecule has 0 heterocycles. The maximum Gasteiger partial charge on any atom is 0.261 e. The average Bonchev–Trinajstić information content (AvgIpc) is 2.43. The number of hydrogen-bond acceptors (Lipinski definition) is 3. The molecule has 0 aliphatic heterocycles. The molecule has 2 rings (SSSR count). The first kappa shape index (κ1) is 15.8. The van der Waals surface area contributed by atoms with Gasteiger partial charge >= 0.3 is 0 Å². The molecule has 112 valence electrons. The first-order valence-electron chi connectivity index (χ1n) is 6.37. The number of para-hydroxylation sites is 1. The highest BCUT2D eigenvalue weighted by atomic mass is 35.5. The Labute approximate surface area is 129 Å². The largest absolute Gasteiger partial charge is 0.389 e. The normalized spacial score (nSPS) is 13.0. The van der Waals surface area contributed by atoms with Gasteiger partial charge in [0.15, 0.2) is 0 Å². The van der Waals surface area contributed by atoms with Gasteiger partial charge < -0.3 is 5.11 Å². The Balaban J connectivity index is 2.34. The van der Waals surface area contributed by atoms with Crippen LogP contribution in [0.5, 0.6) is 0 Å². The summed E-state index contributed by atoms with van der Waals surface area (Å²) < 4.78 is 27.2. The third-order valence-corrected chi connectivity index (χ3v) is 4.81. The molecule has 2 aromatic rings. The fraction of sp³-hybridized carbons (Fsp3) is 0.200. The minimum absolute atomic E-state index is 0.117. The molecule has 0 amide bonds. The van der Waals surface area contributed by atoms with Crippen LogP contribution >= 0.6 is 11.6 Å². The van der Waals surface area contributed by atoms with E-state index in [1.54, 1.807) is 44.2 Å². The van der Waals surface area contributed by atoms with Crippen LogP contribution in [0.4, 0.5) is 5.69 Å². The van der Waals surface area contributed by atoms with Crippen LogP contribution in [0.3, 0.4) is 0 Å². The summed E-state index contributed by atoms with van der Waals surface area (Å²) in [6.07, 6.45) is -0.638. The highest BCUT2D eigenvalue weighted by Crippen LogP contribution is 2.28. The van der Waals surface area contributed by atoms with Crippen molar-refractivity contribution in [1.82, 2.24) is 0 Å². The van der Waals surface area contributed by atoms with Crippen LogP contribution in [-0.2, 0) is 10.0 Å². The smallest absolute Gasteiger partial charge is 0.261 e. The van der Waals surface area contributed by atoms with E-state index in [0.717, 1.165) is 5.56 Å². The maximum absolute atomic E-state index is 12.4. The Kier molecular flexibility index (Phi) is 4.56. The molecule has 1 atom stereocenters. The molecule has 0 bridgehead atoms. The Morgan fingerprint density at radius 1 is 1.14 bits per heavy atom. The van der Waals surface area contributed by atoms with Gasteiger partial charge in [-0.2, -0.15) is 0 Å². The number of nitrogens with one attached hydrogen (secondary N) is 1. The molecule has 2 aromatic carbocycles. The highest BCUT2D eigenvalue weighted by Gasteiger charge is 2.17. The van der Waals surface area contributed by atoms with Crippen LogP contribution in [0.2, 0.25) is 5.02 Å². The Morgan fingerprint density at radius 3 is 2.29 bits per heavy atom. The van der Waals surface area contributed by atoms with E-state index < -0.39 is 16.1 Å². The van der Waals surface area contributed by atoms with Crippen molar-refractivity contribution in [3.63, 3.8) is 0 Å². The van der Waals surface area contributed by atoms with E-state index in [1.807, 2.05) is 0 Å². The summed E-state index contributed by atoms with van der Waals surface area (Å²) in [6.45, 7) is 3.40.